The number of hydrogen-bond donors (Lipinski definition) is 3. The van der Waals surface area contributed by atoms with Crippen molar-refractivity contribution in [3.63, 3.8) is 0 Å². The predicted octanol–water partition coefficient (Wildman–Crippen LogP) is 3.12. The van der Waals surface area contributed by atoms with Crippen molar-refractivity contribution in [2.24, 2.45) is 0 Å². The Morgan fingerprint density at radius 2 is 0.882 bits per heavy atom. The second kappa shape index (κ2) is 29.7. The normalized spacial score (nSPS) is 8.82. The summed E-state index contributed by atoms with van der Waals surface area (Å²) in [7, 11) is 0. The summed E-state index contributed by atoms with van der Waals surface area (Å²) in [6, 6.07) is 0. The molecule has 0 amide bonds. The van der Waals surface area contributed by atoms with Crippen LogP contribution in [0.4, 0.5) is 0 Å². The molecule has 0 fully saturated rings. The van der Waals surface area contributed by atoms with Gasteiger partial charge in [0.25, 0.3) is 0 Å². The third kappa shape index (κ3) is 49.3. The smallest absolute Gasteiger partial charge is 0.0431 e. The van der Waals surface area contributed by atoms with E-state index in [4.69, 9.17) is 15.3 Å². The molecule has 0 aromatic carbocycles. The molecule has 3 heteroatoms. The summed E-state index contributed by atoms with van der Waals surface area (Å²) in [5.74, 6) is 0. The summed E-state index contributed by atoms with van der Waals surface area (Å²) in [5.41, 5.74) is 0. The van der Waals surface area contributed by atoms with E-state index in [1.54, 1.807) is 6.92 Å². The molecular formula is C14H34O3. The zero-order valence-corrected chi connectivity index (χ0v) is 12.1. The molecule has 3 N–H and O–H groups in total. The fraction of sp³-hybridized carbons (Fsp3) is 1.00. The molecule has 0 spiro atoms. The quantitative estimate of drug-likeness (QED) is 0.580. The Morgan fingerprint density at radius 3 is 1.18 bits per heavy atom. The standard InChI is InChI=1S/C8H18O.C4H10O.C2H6O/c1-2-3-4-5-6-7-8-9;1-2-3-4-5;1-2-3/h9H,2-8H2,1H3;5H,2-4H2,1H3;3H,2H2,1H3. The number of aliphatic hydroxyl groups is 3. The number of aliphatic hydroxyl groups excluding tert-OH is 3. The van der Waals surface area contributed by atoms with Gasteiger partial charge in [-0.1, -0.05) is 52.4 Å². The second-order valence-electron chi connectivity index (χ2n) is 3.88. The van der Waals surface area contributed by atoms with Crippen LogP contribution in [0.25, 0.3) is 0 Å². The van der Waals surface area contributed by atoms with E-state index in [0.717, 1.165) is 19.3 Å². The van der Waals surface area contributed by atoms with E-state index in [0.29, 0.717) is 13.2 Å². The zero-order chi connectivity index (χ0) is 13.8. The lowest BCUT2D eigenvalue weighted by Gasteiger charge is -1.95. The monoisotopic (exact) mass is 250 g/mol. The lowest BCUT2D eigenvalue weighted by molar-refractivity contribution is 0.282. The number of rotatable bonds is 8. The summed E-state index contributed by atoms with van der Waals surface area (Å²) < 4.78 is 0. The molecule has 0 atom stereocenters. The lowest BCUT2D eigenvalue weighted by Crippen LogP contribution is -1.82. The van der Waals surface area contributed by atoms with Crippen LogP contribution >= 0.6 is 0 Å². The van der Waals surface area contributed by atoms with Gasteiger partial charge in [-0.2, -0.15) is 0 Å². The molecule has 0 saturated heterocycles. The van der Waals surface area contributed by atoms with E-state index in [9.17, 15) is 0 Å². The van der Waals surface area contributed by atoms with Gasteiger partial charge in [0.05, 0.1) is 0 Å². The first kappa shape index (κ1) is 22.1. The van der Waals surface area contributed by atoms with Crippen LogP contribution in [-0.2, 0) is 0 Å². The largest absolute Gasteiger partial charge is 0.397 e. The minimum Gasteiger partial charge on any atom is -0.397 e. The maximum Gasteiger partial charge on any atom is 0.0431 e. The van der Waals surface area contributed by atoms with Crippen LogP contribution in [0.15, 0.2) is 0 Å². The topological polar surface area (TPSA) is 60.7 Å². The van der Waals surface area contributed by atoms with Gasteiger partial charge in [0.2, 0.25) is 0 Å². The fourth-order valence-corrected chi connectivity index (χ4v) is 1.05. The van der Waals surface area contributed by atoms with Crippen LogP contribution in [0.2, 0.25) is 0 Å². The van der Waals surface area contributed by atoms with Gasteiger partial charge in [0.1, 0.15) is 0 Å². The first-order valence-corrected chi connectivity index (χ1v) is 7.07. The lowest BCUT2D eigenvalue weighted by atomic mass is 10.1. The molecule has 0 unspecified atom stereocenters. The SMILES string of the molecule is CCCCCCCCO.CCCCO.CCO. The van der Waals surface area contributed by atoms with E-state index >= 15 is 0 Å². The average molecular weight is 250 g/mol. The third-order valence-electron chi connectivity index (χ3n) is 2.02. The Kier molecular flexibility index (Phi) is 38.6. The van der Waals surface area contributed by atoms with Gasteiger partial charge in [0, 0.05) is 19.8 Å². The van der Waals surface area contributed by atoms with Crippen LogP contribution in [0.3, 0.4) is 0 Å². The van der Waals surface area contributed by atoms with Gasteiger partial charge in [-0.05, 0) is 19.8 Å². The third-order valence-corrected chi connectivity index (χ3v) is 2.02. The van der Waals surface area contributed by atoms with Crippen molar-refractivity contribution in [3.8, 4) is 0 Å². The molecule has 17 heavy (non-hydrogen) atoms. The zero-order valence-electron chi connectivity index (χ0n) is 12.1. The molecule has 0 aliphatic carbocycles. The van der Waals surface area contributed by atoms with E-state index < -0.39 is 0 Å². The van der Waals surface area contributed by atoms with Gasteiger partial charge < -0.3 is 15.3 Å². The number of unbranched alkanes of at least 4 members (excludes halogenated alkanes) is 6. The van der Waals surface area contributed by atoms with Gasteiger partial charge in [-0.25, -0.2) is 0 Å². The Hall–Kier alpha value is -0.120. The molecule has 0 aromatic heterocycles. The van der Waals surface area contributed by atoms with Crippen molar-refractivity contribution >= 4 is 0 Å². The van der Waals surface area contributed by atoms with Gasteiger partial charge >= 0.3 is 0 Å². The van der Waals surface area contributed by atoms with Crippen molar-refractivity contribution < 1.29 is 15.3 Å². The minimum atomic E-state index is 0.250. The summed E-state index contributed by atoms with van der Waals surface area (Å²) in [6.45, 7) is 6.91. The maximum atomic E-state index is 8.42. The summed E-state index contributed by atoms with van der Waals surface area (Å²) in [4.78, 5) is 0. The summed E-state index contributed by atoms with van der Waals surface area (Å²) in [6.07, 6.45) is 9.53. The minimum absolute atomic E-state index is 0.250. The molecule has 0 aliphatic rings. The Balaban J connectivity index is -0.000000207. The Morgan fingerprint density at radius 1 is 0.529 bits per heavy atom. The van der Waals surface area contributed by atoms with Crippen molar-refractivity contribution in [2.75, 3.05) is 19.8 Å². The highest BCUT2D eigenvalue weighted by Gasteiger charge is 1.86. The Labute approximate surface area is 108 Å². The van der Waals surface area contributed by atoms with Crippen LogP contribution in [0, 0.1) is 0 Å². The van der Waals surface area contributed by atoms with Gasteiger partial charge in [-0.3, -0.25) is 0 Å². The van der Waals surface area contributed by atoms with Crippen LogP contribution in [0.5, 0.6) is 0 Å². The molecule has 0 rings (SSSR count). The van der Waals surface area contributed by atoms with Crippen LogP contribution in [0.1, 0.15) is 72.1 Å². The van der Waals surface area contributed by atoms with Crippen molar-refractivity contribution in [1.29, 1.82) is 0 Å². The Bertz CT molecular complexity index is 79.5. The predicted molar refractivity (Wildman–Crippen MR) is 75.2 cm³/mol. The van der Waals surface area contributed by atoms with Crippen LogP contribution < -0.4 is 0 Å². The molecule has 3 nitrogen and oxygen atoms in total. The molecule has 0 aromatic rings. The maximum absolute atomic E-state index is 8.42. The molecule has 108 valence electrons. The van der Waals surface area contributed by atoms with E-state index in [-0.39, 0.29) is 6.61 Å². The molecule has 0 radical (unpaired) electrons. The summed E-state index contributed by atoms with van der Waals surface area (Å²) >= 11 is 0. The molecule has 0 saturated carbocycles. The highest BCUT2D eigenvalue weighted by atomic mass is 16.3. The van der Waals surface area contributed by atoms with E-state index in [1.165, 1.54) is 32.1 Å². The summed E-state index contributed by atoms with van der Waals surface area (Å²) in [5, 5.41) is 24.1. The molecule has 0 heterocycles. The van der Waals surface area contributed by atoms with Crippen LogP contribution in [-0.4, -0.2) is 35.1 Å². The van der Waals surface area contributed by atoms with Crippen molar-refractivity contribution in [1.82, 2.24) is 0 Å². The number of hydrogen-bond acceptors (Lipinski definition) is 3. The van der Waals surface area contributed by atoms with Crippen molar-refractivity contribution in [3.05, 3.63) is 0 Å². The molecular weight excluding hydrogens is 216 g/mol. The first-order chi connectivity index (χ1) is 8.24. The second-order valence-corrected chi connectivity index (χ2v) is 3.88. The van der Waals surface area contributed by atoms with Crippen molar-refractivity contribution in [2.45, 2.75) is 72.1 Å². The average Bonchev–Trinajstić information content (AvgIpc) is 2.32. The highest BCUT2D eigenvalue weighted by molar-refractivity contribution is 4.41. The molecule has 0 bridgehead atoms. The fourth-order valence-electron chi connectivity index (χ4n) is 1.05. The molecule has 0 aliphatic heterocycles. The highest BCUT2D eigenvalue weighted by Crippen LogP contribution is 2.03. The van der Waals surface area contributed by atoms with Gasteiger partial charge in [-0.15, -0.1) is 0 Å². The first-order valence-electron chi connectivity index (χ1n) is 7.07. The van der Waals surface area contributed by atoms with E-state index in [2.05, 4.69) is 13.8 Å². The van der Waals surface area contributed by atoms with E-state index in [1.807, 2.05) is 0 Å². The van der Waals surface area contributed by atoms with Gasteiger partial charge in [0.15, 0.2) is 0 Å².